The Morgan fingerprint density at radius 3 is 2.25 bits per heavy atom. The Labute approximate surface area is 338 Å². The van der Waals surface area contributed by atoms with E-state index in [1.807, 2.05) is 91.8 Å². The van der Waals surface area contributed by atoms with Crippen LogP contribution in [0.2, 0.25) is 5.02 Å². The summed E-state index contributed by atoms with van der Waals surface area (Å²) in [5, 5.41) is 16.2. The second-order valence-corrected chi connectivity index (χ2v) is 17.7. The molecule has 1 aliphatic heterocycles. The fraction of sp³-hybridized carbons (Fsp3) is 0.279. The summed E-state index contributed by atoms with van der Waals surface area (Å²) in [5.41, 5.74) is 4.67. The van der Waals surface area contributed by atoms with Gasteiger partial charge in [-0.05, 0) is 104 Å². The third-order valence-corrected chi connectivity index (χ3v) is 12.9. The van der Waals surface area contributed by atoms with Crippen LogP contribution in [0.5, 0.6) is 0 Å². The van der Waals surface area contributed by atoms with Crippen molar-refractivity contribution < 1.29 is 18.1 Å². The van der Waals surface area contributed by atoms with Gasteiger partial charge in [0.1, 0.15) is 11.4 Å². The summed E-state index contributed by atoms with van der Waals surface area (Å²) in [5.74, 6) is -0.724. The number of hydrogen-bond acceptors (Lipinski definition) is 10. The molecule has 0 aromatic heterocycles. The predicted octanol–water partition coefficient (Wildman–Crippen LogP) is 8.42. The smallest absolute Gasteiger partial charge is 0.293 e. The van der Waals surface area contributed by atoms with E-state index >= 15 is 0 Å². The topological polar surface area (TPSA) is 116 Å². The van der Waals surface area contributed by atoms with E-state index in [9.17, 15) is 23.3 Å². The van der Waals surface area contributed by atoms with Crippen LogP contribution in [-0.2, 0) is 16.4 Å². The number of anilines is 2. The van der Waals surface area contributed by atoms with Crippen molar-refractivity contribution in [2.45, 2.75) is 28.8 Å². The number of nitrogens with one attached hydrogen (secondary N) is 1. The molecule has 1 atom stereocenters. The van der Waals surface area contributed by atoms with Crippen molar-refractivity contribution >= 4 is 56.0 Å². The van der Waals surface area contributed by atoms with E-state index in [4.69, 9.17) is 11.6 Å². The molecule has 1 N–H and O–H groups in total. The molecule has 5 aromatic rings. The highest BCUT2D eigenvalue weighted by Gasteiger charge is 2.26. The number of rotatable bonds is 17. The normalized spacial score (nSPS) is 14.1. The Balaban J connectivity index is 1.06. The molecule has 0 aliphatic carbocycles. The lowest BCUT2D eigenvalue weighted by Gasteiger charge is -2.36. The third-order valence-electron chi connectivity index (χ3n) is 9.82. The number of carbonyl (C=O) groups is 1. The van der Waals surface area contributed by atoms with Crippen molar-refractivity contribution in [3.8, 4) is 11.1 Å². The van der Waals surface area contributed by atoms with Gasteiger partial charge in [0.2, 0.25) is 0 Å². The second-order valence-electron chi connectivity index (χ2n) is 14.1. The molecule has 0 radical (unpaired) electrons. The van der Waals surface area contributed by atoms with Crippen molar-refractivity contribution in [3.05, 3.63) is 148 Å². The van der Waals surface area contributed by atoms with Gasteiger partial charge in [-0.25, -0.2) is 8.42 Å². The molecule has 1 aliphatic rings. The number of nitro benzene ring substituents is 1. The van der Waals surface area contributed by atoms with Crippen molar-refractivity contribution in [2.24, 2.45) is 0 Å². The Bertz CT molecular complexity index is 2210. The fourth-order valence-corrected chi connectivity index (χ4v) is 9.06. The van der Waals surface area contributed by atoms with Gasteiger partial charge in [0.25, 0.3) is 5.69 Å². The molecule has 13 heteroatoms. The van der Waals surface area contributed by atoms with E-state index in [0.717, 1.165) is 61.5 Å². The zero-order valence-electron chi connectivity index (χ0n) is 31.5. The molecule has 0 bridgehead atoms. The third kappa shape index (κ3) is 11.0. The van der Waals surface area contributed by atoms with Gasteiger partial charge in [-0.2, -0.15) is 0 Å². The molecule has 0 amide bonds. The summed E-state index contributed by atoms with van der Waals surface area (Å²) in [6.07, 6.45) is 0.717. The van der Waals surface area contributed by atoms with Gasteiger partial charge in [0.05, 0.1) is 9.82 Å². The largest absolute Gasteiger partial charge is 0.376 e. The lowest BCUT2D eigenvalue weighted by Crippen LogP contribution is -2.46. The number of nitrogens with zero attached hydrogens (tertiary/aromatic N) is 4. The fourth-order valence-electron chi connectivity index (χ4n) is 6.69. The molecular formula is C43H46ClN5O5S2. The van der Waals surface area contributed by atoms with Crippen LogP contribution in [0.4, 0.5) is 17.1 Å². The van der Waals surface area contributed by atoms with Crippen LogP contribution in [0.15, 0.2) is 131 Å². The number of Topliss-reactive ketones (excluding diaryl/α,β-unsaturated/α-hetero) is 1. The highest BCUT2D eigenvalue weighted by molar-refractivity contribution is 7.99. The molecule has 10 nitrogen and oxygen atoms in total. The lowest BCUT2D eigenvalue weighted by molar-refractivity contribution is -0.384. The quantitative estimate of drug-likeness (QED) is 0.0425. The molecule has 0 spiro atoms. The summed E-state index contributed by atoms with van der Waals surface area (Å²) in [6.45, 7) is 4.90. The molecule has 292 valence electrons. The number of carbonyl (C=O) groups excluding carboxylic acids is 1. The van der Waals surface area contributed by atoms with Gasteiger partial charge in [0.15, 0.2) is 15.6 Å². The second kappa shape index (κ2) is 18.9. The van der Waals surface area contributed by atoms with Gasteiger partial charge in [-0.1, -0.05) is 66.2 Å². The molecule has 1 saturated heterocycles. The van der Waals surface area contributed by atoms with E-state index in [1.54, 1.807) is 23.9 Å². The first-order valence-corrected chi connectivity index (χ1v) is 21.5. The average molecular weight is 812 g/mol. The number of ketones is 1. The van der Waals surface area contributed by atoms with E-state index in [2.05, 4.69) is 33.3 Å². The van der Waals surface area contributed by atoms with Crippen LogP contribution in [-0.4, -0.2) is 93.3 Å². The van der Waals surface area contributed by atoms with Crippen LogP contribution in [0.3, 0.4) is 0 Å². The maximum absolute atomic E-state index is 13.5. The Morgan fingerprint density at radius 1 is 0.893 bits per heavy atom. The molecule has 5 aromatic carbocycles. The minimum Gasteiger partial charge on any atom is -0.376 e. The minimum atomic E-state index is -4.18. The van der Waals surface area contributed by atoms with Crippen LogP contribution in [0, 0.1) is 10.1 Å². The molecular weight excluding hydrogens is 766 g/mol. The maximum Gasteiger partial charge on any atom is 0.293 e. The van der Waals surface area contributed by atoms with Crippen LogP contribution in [0.1, 0.15) is 22.3 Å². The molecule has 6 rings (SSSR count). The summed E-state index contributed by atoms with van der Waals surface area (Å²) < 4.78 is 26.9. The number of nitro groups is 1. The number of hydrogen-bond donors (Lipinski definition) is 1. The number of thioether (sulfide) groups is 1. The number of sulfone groups is 1. The average Bonchev–Trinajstić information content (AvgIpc) is 3.20. The van der Waals surface area contributed by atoms with E-state index in [-0.39, 0.29) is 27.9 Å². The predicted molar refractivity (Wildman–Crippen MR) is 228 cm³/mol. The molecule has 1 fully saturated rings. The first kappa shape index (κ1) is 40.9. The van der Waals surface area contributed by atoms with E-state index < -0.39 is 26.3 Å². The molecule has 56 heavy (non-hydrogen) atoms. The molecule has 0 unspecified atom stereocenters. The van der Waals surface area contributed by atoms with Crippen molar-refractivity contribution in [3.63, 3.8) is 0 Å². The molecule has 1 heterocycles. The summed E-state index contributed by atoms with van der Waals surface area (Å²) in [7, 11) is -0.245. The Kier molecular flexibility index (Phi) is 13.8. The van der Waals surface area contributed by atoms with Gasteiger partial charge >= 0.3 is 0 Å². The Morgan fingerprint density at radius 2 is 1.57 bits per heavy atom. The molecule has 0 saturated carbocycles. The van der Waals surface area contributed by atoms with Crippen LogP contribution in [0.25, 0.3) is 11.1 Å². The summed E-state index contributed by atoms with van der Waals surface area (Å²) in [4.78, 5) is 32.4. The monoisotopic (exact) mass is 811 g/mol. The summed E-state index contributed by atoms with van der Waals surface area (Å²) in [6, 6.07) is 36.9. The van der Waals surface area contributed by atoms with E-state index in [0.29, 0.717) is 17.2 Å². The van der Waals surface area contributed by atoms with Crippen LogP contribution >= 0.6 is 23.4 Å². The van der Waals surface area contributed by atoms with Crippen molar-refractivity contribution in [2.75, 3.05) is 68.5 Å². The minimum absolute atomic E-state index is 0.125. The SMILES string of the molecule is CN(C)CC[C@@H](CSc1ccccc1)Nc1ccc(S(=O)(=O)CC(=O)c2ccc(N3CCN(Cc4ccccc4-c4ccc(Cl)cc4)CC3)cc2)cc1[N+](=O)[O-]. The lowest BCUT2D eigenvalue weighted by atomic mass is 9.99. The Hall–Kier alpha value is -4.72. The number of halogens is 1. The highest BCUT2D eigenvalue weighted by atomic mass is 35.5. The van der Waals surface area contributed by atoms with Gasteiger partial charge in [-0.3, -0.25) is 19.8 Å². The zero-order valence-corrected chi connectivity index (χ0v) is 33.9. The first-order valence-electron chi connectivity index (χ1n) is 18.5. The van der Waals surface area contributed by atoms with Gasteiger partial charge in [0, 0.05) is 71.8 Å². The maximum atomic E-state index is 13.5. The first-order chi connectivity index (χ1) is 26.9. The number of piperazine rings is 1. The zero-order chi connectivity index (χ0) is 39.7. The van der Waals surface area contributed by atoms with Crippen molar-refractivity contribution in [1.82, 2.24) is 9.80 Å². The van der Waals surface area contributed by atoms with Gasteiger partial charge in [-0.15, -0.1) is 11.8 Å². The van der Waals surface area contributed by atoms with Crippen LogP contribution < -0.4 is 10.2 Å². The van der Waals surface area contributed by atoms with Gasteiger partial charge < -0.3 is 15.1 Å². The summed E-state index contributed by atoms with van der Waals surface area (Å²) >= 11 is 7.76. The standard InChI is InChI=1S/C43H46ClN5O5S2/c1-46(2)23-22-36(30-55-38-9-4-3-5-10-38)45-41-21-20-39(28-42(41)49(51)52)56(53,54)31-43(50)33-14-18-37(19-15-33)48-26-24-47(25-27-48)29-34-8-6-7-11-40(34)32-12-16-35(44)17-13-32/h3-21,28,36,45H,22-27,29-31H2,1-2H3/t36-/m0/s1. The van der Waals surface area contributed by atoms with Crippen molar-refractivity contribution in [1.29, 1.82) is 0 Å². The highest BCUT2D eigenvalue weighted by Crippen LogP contribution is 2.31. The van der Waals surface area contributed by atoms with E-state index in [1.165, 1.54) is 23.3 Å². The number of benzene rings is 5.